The first kappa shape index (κ1) is 15.8. The molecule has 0 aliphatic heterocycles. The van der Waals surface area contributed by atoms with Crippen LogP contribution in [0.25, 0.3) is 11.3 Å². The Morgan fingerprint density at radius 2 is 2.00 bits per heavy atom. The minimum Gasteiger partial charge on any atom is -0.497 e. The van der Waals surface area contributed by atoms with Crippen molar-refractivity contribution in [2.45, 2.75) is 6.42 Å². The number of carbonyl (C=O) groups excluding carboxylic acids is 1. The van der Waals surface area contributed by atoms with E-state index in [9.17, 15) is 4.79 Å². The van der Waals surface area contributed by atoms with E-state index in [1.165, 1.54) is 6.20 Å². The SMILES string of the molecule is COc1cccc(CCNC(=O)c2cnoc2-c2ccccc2)c1. The molecule has 3 rings (SSSR count). The van der Waals surface area contributed by atoms with E-state index in [1.807, 2.05) is 54.6 Å². The maximum Gasteiger partial charge on any atom is 0.256 e. The van der Waals surface area contributed by atoms with Crippen LogP contribution in [0.1, 0.15) is 15.9 Å². The number of methoxy groups -OCH3 is 1. The van der Waals surface area contributed by atoms with Gasteiger partial charge in [-0.15, -0.1) is 0 Å². The second kappa shape index (κ2) is 7.46. The summed E-state index contributed by atoms with van der Waals surface area (Å²) in [6.45, 7) is 0.519. The van der Waals surface area contributed by atoms with E-state index in [1.54, 1.807) is 7.11 Å². The van der Waals surface area contributed by atoms with E-state index >= 15 is 0 Å². The van der Waals surface area contributed by atoms with Crippen LogP contribution in [0.4, 0.5) is 0 Å². The number of hydrogen-bond donors (Lipinski definition) is 1. The molecule has 122 valence electrons. The van der Waals surface area contributed by atoms with Gasteiger partial charge in [0.25, 0.3) is 5.91 Å². The van der Waals surface area contributed by atoms with Crippen LogP contribution in [-0.2, 0) is 6.42 Å². The van der Waals surface area contributed by atoms with Crippen LogP contribution in [-0.4, -0.2) is 24.7 Å². The molecular weight excluding hydrogens is 304 g/mol. The van der Waals surface area contributed by atoms with Crippen LogP contribution in [0.2, 0.25) is 0 Å². The molecule has 1 N–H and O–H groups in total. The average molecular weight is 322 g/mol. The quantitative estimate of drug-likeness (QED) is 0.756. The zero-order chi connectivity index (χ0) is 16.8. The fraction of sp³-hybridized carbons (Fsp3) is 0.158. The smallest absolute Gasteiger partial charge is 0.256 e. The molecular formula is C19H18N2O3. The van der Waals surface area contributed by atoms with E-state index < -0.39 is 0 Å². The Morgan fingerprint density at radius 3 is 2.79 bits per heavy atom. The van der Waals surface area contributed by atoms with Crippen molar-refractivity contribution in [3.63, 3.8) is 0 Å². The molecule has 0 fully saturated rings. The monoisotopic (exact) mass is 322 g/mol. The maximum atomic E-state index is 12.4. The summed E-state index contributed by atoms with van der Waals surface area (Å²) in [5.41, 5.74) is 2.36. The molecule has 0 spiro atoms. The molecule has 1 amide bonds. The standard InChI is InChI=1S/C19H18N2O3/c1-23-16-9-5-6-14(12-16)10-11-20-19(22)17-13-21-24-18(17)15-7-3-2-4-8-15/h2-9,12-13H,10-11H2,1H3,(H,20,22). The van der Waals surface area contributed by atoms with E-state index in [4.69, 9.17) is 9.26 Å². The van der Waals surface area contributed by atoms with Crippen LogP contribution < -0.4 is 10.1 Å². The highest BCUT2D eigenvalue weighted by Crippen LogP contribution is 2.23. The van der Waals surface area contributed by atoms with Crippen LogP contribution in [0.5, 0.6) is 5.75 Å². The Hall–Kier alpha value is -3.08. The molecule has 3 aromatic rings. The van der Waals surface area contributed by atoms with Crippen molar-refractivity contribution in [3.05, 3.63) is 71.9 Å². The number of benzene rings is 2. The number of nitrogens with one attached hydrogen (secondary N) is 1. The summed E-state index contributed by atoms with van der Waals surface area (Å²) in [7, 11) is 1.64. The largest absolute Gasteiger partial charge is 0.497 e. The molecule has 0 saturated carbocycles. The van der Waals surface area contributed by atoms with Crippen LogP contribution >= 0.6 is 0 Å². The summed E-state index contributed by atoms with van der Waals surface area (Å²) in [6.07, 6.45) is 2.16. The lowest BCUT2D eigenvalue weighted by Crippen LogP contribution is -2.25. The van der Waals surface area contributed by atoms with E-state index in [-0.39, 0.29) is 5.91 Å². The van der Waals surface area contributed by atoms with Crippen molar-refractivity contribution < 1.29 is 14.1 Å². The Bertz CT molecular complexity index is 812. The van der Waals surface area contributed by atoms with Gasteiger partial charge in [0.05, 0.1) is 13.3 Å². The van der Waals surface area contributed by atoms with Crippen molar-refractivity contribution >= 4 is 5.91 Å². The Kier molecular flexibility index (Phi) is 4.91. The number of hydrogen-bond acceptors (Lipinski definition) is 4. The van der Waals surface area contributed by atoms with Gasteiger partial charge in [-0.05, 0) is 24.1 Å². The first-order valence-electron chi connectivity index (χ1n) is 7.69. The molecule has 0 radical (unpaired) electrons. The predicted octanol–water partition coefficient (Wildman–Crippen LogP) is 3.32. The first-order chi connectivity index (χ1) is 11.8. The molecule has 0 aliphatic carbocycles. The van der Waals surface area contributed by atoms with Gasteiger partial charge < -0.3 is 14.6 Å². The number of amides is 1. The third kappa shape index (κ3) is 3.63. The molecule has 0 aliphatic rings. The van der Waals surface area contributed by atoms with Crippen molar-refractivity contribution in [3.8, 4) is 17.1 Å². The number of ether oxygens (including phenoxy) is 1. The van der Waals surface area contributed by atoms with Gasteiger partial charge in [-0.3, -0.25) is 4.79 Å². The van der Waals surface area contributed by atoms with Crippen LogP contribution in [0, 0.1) is 0 Å². The van der Waals surface area contributed by atoms with Gasteiger partial charge in [0, 0.05) is 12.1 Å². The van der Waals surface area contributed by atoms with Gasteiger partial charge in [0.15, 0.2) is 5.76 Å². The molecule has 0 unspecified atom stereocenters. The van der Waals surface area contributed by atoms with Gasteiger partial charge in [-0.1, -0.05) is 47.6 Å². The van der Waals surface area contributed by atoms with Gasteiger partial charge >= 0.3 is 0 Å². The van der Waals surface area contributed by atoms with Gasteiger partial charge in [-0.25, -0.2) is 0 Å². The summed E-state index contributed by atoms with van der Waals surface area (Å²) < 4.78 is 10.4. The number of carbonyl (C=O) groups is 1. The van der Waals surface area contributed by atoms with E-state index in [0.29, 0.717) is 17.9 Å². The second-order valence-corrected chi connectivity index (χ2v) is 5.29. The zero-order valence-electron chi connectivity index (χ0n) is 13.4. The lowest BCUT2D eigenvalue weighted by Gasteiger charge is -2.06. The Labute approximate surface area is 140 Å². The number of rotatable bonds is 6. The lowest BCUT2D eigenvalue weighted by atomic mass is 10.1. The molecule has 0 saturated heterocycles. The average Bonchev–Trinajstić information content (AvgIpc) is 3.12. The van der Waals surface area contributed by atoms with Crippen molar-refractivity contribution in [1.29, 1.82) is 0 Å². The summed E-state index contributed by atoms with van der Waals surface area (Å²) in [5.74, 6) is 1.09. The Morgan fingerprint density at radius 1 is 1.17 bits per heavy atom. The van der Waals surface area contributed by atoms with Gasteiger partial charge in [0.1, 0.15) is 11.3 Å². The third-order valence-corrected chi connectivity index (χ3v) is 3.68. The fourth-order valence-corrected chi connectivity index (χ4v) is 2.44. The molecule has 1 heterocycles. The highest BCUT2D eigenvalue weighted by molar-refractivity contribution is 5.99. The summed E-state index contributed by atoms with van der Waals surface area (Å²) >= 11 is 0. The van der Waals surface area contributed by atoms with Gasteiger partial charge in [-0.2, -0.15) is 0 Å². The minimum atomic E-state index is -0.196. The van der Waals surface area contributed by atoms with Crippen LogP contribution in [0.15, 0.2) is 65.3 Å². The number of nitrogens with zero attached hydrogens (tertiary/aromatic N) is 1. The topological polar surface area (TPSA) is 64.4 Å². The first-order valence-corrected chi connectivity index (χ1v) is 7.69. The minimum absolute atomic E-state index is 0.196. The predicted molar refractivity (Wildman–Crippen MR) is 91.0 cm³/mol. The summed E-state index contributed by atoms with van der Waals surface area (Å²) in [4.78, 5) is 12.4. The highest BCUT2D eigenvalue weighted by atomic mass is 16.5. The van der Waals surface area contributed by atoms with E-state index in [2.05, 4.69) is 10.5 Å². The molecule has 1 aromatic heterocycles. The zero-order valence-corrected chi connectivity index (χ0v) is 13.4. The third-order valence-electron chi connectivity index (χ3n) is 3.68. The normalized spacial score (nSPS) is 10.4. The van der Waals surface area contributed by atoms with Crippen LogP contribution in [0.3, 0.4) is 0 Å². The fourth-order valence-electron chi connectivity index (χ4n) is 2.44. The molecule has 5 nitrogen and oxygen atoms in total. The van der Waals surface area contributed by atoms with Crippen molar-refractivity contribution in [2.75, 3.05) is 13.7 Å². The molecule has 0 atom stereocenters. The summed E-state index contributed by atoms with van der Waals surface area (Å²) in [5, 5.41) is 6.66. The molecule has 0 bridgehead atoms. The maximum absolute atomic E-state index is 12.4. The molecule has 2 aromatic carbocycles. The number of aromatic nitrogens is 1. The van der Waals surface area contributed by atoms with Gasteiger partial charge in [0.2, 0.25) is 0 Å². The highest BCUT2D eigenvalue weighted by Gasteiger charge is 2.17. The van der Waals surface area contributed by atoms with E-state index in [0.717, 1.165) is 23.3 Å². The Balaban J connectivity index is 1.63. The summed E-state index contributed by atoms with van der Waals surface area (Å²) in [6, 6.07) is 17.2. The lowest BCUT2D eigenvalue weighted by molar-refractivity contribution is 0.0954. The second-order valence-electron chi connectivity index (χ2n) is 5.29. The molecule has 5 heteroatoms. The van der Waals surface area contributed by atoms with Crippen molar-refractivity contribution in [2.24, 2.45) is 0 Å². The van der Waals surface area contributed by atoms with Crippen molar-refractivity contribution in [1.82, 2.24) is 10.5 Å². The molecule has 24 heavy (non-hydrogen) atoms.